The minimum Gasteiger partial charge on any atom is -0.306 e. The van der Waals surface area contributed by atoms with E-state index in [0.29, 0.717) is 35.6 Å². The van der Waals surface area contributed by atoms with E-state index in [1.165, 1.54) is 23.3 Å². The Bertz CT molecular complexity index is 1090. The number of alkyl halides is 3. The summed E-state index contributed by atoms with van der Waals surface area (Å²) >= 11 is 0. The second-order valence-electron chi connectivity index (χ2n) is 7.36. The number of nitrogens with zero attached hydrogens (tertiary/aromatic N) is 2. The monoisotopic (exact) mass is 399 g/mol. The summed E-state index contributed by atoms with van der Waals surface area (Å²) in [6, 6.07) is 12.9. The number of aromatic nitrogens is 2. The average Bonchev–Trinajstić information content (AvgIpc) is 2.67. The fourth-order valence-corrected chi connectivity index (χ4v) is 3.65. The molecule has 0 saturated carbocycles. The Labute approximate surface area is 166 Å². The Hall–Kier alpha value is -2.93. The number of hydrogen-bond acceptors (Lipinski definition) is 3. The fraction of sp³-hybridized carbons (Fsp3) is 0.273. The second kappa shape index (κ2) is 7.48. The Morgan fingerprint density at radius 1 is 1.14 bits per heavy atom. The molecule has 4 rings (SSSR count). The van der Waals surface area contributed by atoms with Crippen molar-refractivity contribution in [2.75, 3.05) is 6.54 Å². The Kier molecular flexibility index (Phi) is 5.00. The zero-order valence-corrected chi connectivity index (χ0v) is 15.9. The molecule has 0 bridgehead atoms. The van der Waals surface area contributed by atoms with Gasteiger partial charge in [0.05, 0.1) is 11.3 Å². The Morgan fingerprint density at radius 2 is 1.90 bits per heavy atom. The van der Waals surface area contributed by atoms with Crippen LogP contribution in [0.4, 0.5) is 13.2 Å². The first-order chi connectivity index (χ1) is 13.8. The maximum absolute atomic E-state index is 12.8. The predicted octanol–water partition coefficient (Wildman–Crippen LogP) is 4.32. The van der Waals surface area contributed by atoms with Crippen molar-refractivity contribution < 1.29 is 13.2 Å². The first-order valence-corrected chi connectivity index (χ1v) is 9.37. The van der Waals surface area contributed by atoms with Crippen molar-refractivity contribution in [2.24, 2.45) is 0 Å². The number of nitrogens with one attached hydrogen (secondary N) is 1. The lowest BCUT2D eigenvalue weighted by molar-refractivity contribution is -0.137. The van der Waals surface area contributed by atoms with Crippen molar-refractivity contribution in [3.05, 3.63) is 86.8 Å². The number of rotatable bonds is 3. The van der Waals surface area contributed by atoms with E-state index in [9.17, 15) is 18.0 Å². The first-order valence-electron chi connectivity index (χ1n) is 9.37. The number of halogens is 3. The highest BCUT2D eigenvalue weighted by molar-refractivity contribution is 5.56. The maximum Gasteiger partial charge on any atom is 0.416 e. The van der Waals surface area contributed by atoms with Crippen molar-refractivity contribution >= 4 is 0 Å². The summed E-state index contributed by atoms with van der Waals surface area (Å²) in [5, 5.41) is 0. The van der Waals surface area contributed by atoms with Gasteiger partial charge in [-0.1, -0.05) is 42.0 Å². The normalized spacial score (nSPS) is 14.6. The van der Waals surface area contributed by atoms with Gasteiger partial charge in [0.25, 0.3) is 5.56 Å². The second-order valence-corrected chi connectivity index (χ2v) is 7.36. The van der Waals surface area contributed by atoms with Crippen LogP contribution in [-0.4, -0.2) is 21.4 Å². The number of H-pyrrole nitrogens is 1. The summed E-state index contributed by atoms with van der Waals surface area (Å²) in [6.07, 6.45) is -3.80. The molecule has 3 aromatic rings. The molecule has 0 fully saturated rings. The number of fused-ring (bicyclic) bond motifs is 1. The van der Waals surface area contributed by atoms with Gasteiger partial charge in [-0.25, -0.2) is 4.98 Å². The Morgan fingerprint density at radius 3 is 2.59 bits per heavy atom. The third-order valence-electron chi connectivity index (χ3n) is 5.13. The van der Waals surface area contributed by atoms with Gasteiger partial charge in [0.2, 0.25) is 0 Å². The topological polar surface area (TPSA) is 49.0 Å². The Balaban J connectivity index is 1.59. The lowest BCUT2D eigenvalue weighted by Gasteiger charge is -2.27. The van der Waals surface area contributed by atoms with E-state index in [4.69, 9.17) is 0 Å². The van der Waals surface area contributed by atoms with Crippen molar-refractivity contribution in [1.29, 1.82) is 0 Å². The molecule has 1 aromatic heterocycles. The molecule has 0 unspecified atom stereocenters. The van der Waals surface area contributed by atoms with Crippen LogP contribution < -0.4 is 5.56 Å². The quantitative estimate of drug-likeness (QED) is 0.714. The van der Waals surface area contributed by atoms with E-state index in [2.05, 4.69) is 27.0 Å². The van der Waals surface area contributed by atoms with Gasteiger partial charge in [0, 0.05) is 30.8 Å². The highest BCUT2D eigenvalue weighted by atomic mass is 19.4. The van der Waals surface area contributed by atoms with Gasteiger partial charge in [0.1, 0.15) is 5.82 Å². The number of hydrogen-bond donors (Lipinski definition) is 1. The summed E-state index contributed by atoms with van der Waals surface area (Å²) in [6.45, 7) is 4.09. The molecule has 7 heteroatoms. The summed E-state index contributed by atoms with van der Waals surface area (Å²) < 4.78 is 38.3. The standard InChI is InChI=1S/C22H20F3N3O/c1-14-3-2-4-15(11-14)12-28-10-9-18-19(13-28)26-20(27-21(18)29)16-5-7-17(8-6-16)22(23,24)25/h2-8,11H,9-10,12-13H2,1H3,(H,26,27,29). The molecular formula is C22H20F3N3O. The molecule has 150 valence electrons. The summed E-state index contributed by atoms with van der Waals surface area (Å²) in [5.41, 5.74) is 3.23. The van der Waals surface area contributed by atoms with E-state index in [1.54, 1.807) is 0 Å². The minimum absolute atomic E-state index is 0.222. The summed E-state index contributed by atoms with van der Waals surface area (Å²) in [5.74, 6) is 0.292. The molecule has 0 atom stereocenters. The van der Waals surface area contributed by atoms with Crippen LogP contribution in [0.3, 0.4) is 0 Å². The van der Waals surface area contributed by atoms with Gasteiger partial charge in [-0.05, 0) is 31.0 Å². The molecule has 0 saturated heterocycles. The summed E-state index contributed by atoms with van der Waals surface area (Å²) in [7, 11) is 0. The molecule has 2 aromatic carbocycles. The van der Waals surface area contributed by atoms with Gasteiger partial charge >= 0.3 is 6.18 Å². The maximum atomic E-state index is 12.8. The van der Waals surface area contributed by atoms with E-state index in [1.807, 2.05) is 19.1 Å². The minimum atomic E-state index is -4.40. The first kappa shape index (κ1) is 19.4. The van der Waals surface area contributed by atoms with Gasteiger partial charge in [0.15, 0.2) is 0 Å². The average molecular weight is 399 g/mol. The molecule has 0 radical (unpaired) electrons. The van der Waals surface area contributed by atoms with Gasteiger partial charge < -0.3 is 4.98 Å². The number of aromatic amines is 1. The highest BCUT2D eigenvalue weighted by Crippen LogP contribution is 2.30. The van der Waals surface area contributed by atoms with Crippen molar-refractivity contribution in [3.8, 4) is 11.4 Å². The number of benzene rings is 2. The zero-order valence-electron chi connectivity index (χ0n) is 15.9. The third-order valence-corrected chi connectivity index (χ3v) is 5.13. The molecule has 0 amide bonds. The van der Waals surface area contributed by atoms with E-state index >= 15 is 0 Å². The van der Waals surface area contributed by atoms with Crippen LogP contribution >= 0.6 is 0 Å². The molecule has 0 aliphatic carbocycles. The van der Waals surface area contributed by atoms with E-state index in [0.717, 1.165) is 25.2 Å². The zero-order chi connectivity index (χ0) is 20.6. The van der Waals surface area contributed by atoms with Crippen molar-refractivity contribution in [2.45, 2.75) is 32.6 Å². The molecule has 1 aliphatic heterocycles. The predicted molar refractivity (Wildman–Crippen MR) is 104 cm³/mol. The van der Waals surface area contributed by atoms with Gasteiger partial charge in [-0.15, -0.1) is 0 Å². The molecule has 1 N–H and O–H groups in total. The van der Waals surface area contributed by atoms with Crippen LogP contribution in [0, 0.1) is 6.92 Å². The van der Waals surface area contributed by atoms with Crippen LogP contribution in [0.25, 0.3) is 11.4 Å². The molecule has 29 heavy (non-hydrogen) atoms. The lowest BCUT2D eigenvalue weighted by atomic mass is 10.0. The van der Waals surface area contributed by atoms with Gasteiger partial charge in [-0.3, -0.25) is 9.69 Å². The van der Waals surface area contributed by atoms with Crippen LogP contribution in [0.15, 0.2) is 53.3 Å². The largest absolute Gasteiger partial charge is 0.416 e. The van der Waals surface area contributed by atoms with E-state index < -0.39 is 11.7 Å². The fourth-order valence-electron chi connectivity index (χ4n) is 3.65. The highest BCUT2D eigenvalue weighted by Gasteiger charge is 2.30. The molecule has 2 heterocycles. The third kappa shape index (κ3) is 4.24. The van der Waals surface area contributed by atoms with Crippen LogP contribution in [-0.2, 0) is 25.7 Å². The molecule has 0 spiro atoms. The number of aryl methyl sites for hydroxylation is 1. The smallest absolute Gasteiger partial charge is 0.306 e. The lowest BCUT2D eigenvalue weighted by Crippen LogP contribution is -2.35. The van der Waals surface area contributed by atoms with Crippen molar-refractivity contribution in [1.82, 2.24) is 14.9 Å². The molecule has 1 aliphatic rings. The summed E-state index contributed by atoms with van der Waals surface area (Å²) in [4.78, 5) is 22.0. The SMILES string of the molecule is Cc1cccc(CN2CCc3c(nc(-c4ccc(C(F)(F)F)cc4)[nH]c3=O)C2)c1. The molecular weight excluding hydrogens is 379 g/mol. The van der Waals surface area contributed by atoms with E-state index in [-0.39, 0.29) is 5.56 Å². The van der Waals surface area contributed by atoms with Crippen molar-refractivity contribution in [3.63, 3.8) is 0 Å². The van der Waals surface area contributed by atoms with Crippen LogP contribution in [0.5, 0.6) is 0 Å². The van der Waals surface area contributed by atoms with Crippen LogP contribution in [0.2, 0.25) is 0 Å². The molecule has 4 nitrogen and oxygen atoms in total. The van der Waals surface area contributed by atoms with Crippen LogP contribution in [0.1, 0.15) is 27.9 Å². The van der Waals surface area contributed by atoms with Gasteiger partial charge in [-0.2, -0.15) is 13.2 Å².